The third-order valence-electron chi connectivity index (χ3n) is 8.51. The topological polar surface area (TPSA) is 42.4 Å². The van der Waals surface area contributed by atoms with Crippen LogP contribution in [0, 0.1) is 0 Å². The van der Waals surface area contributed by atoms with E-state index >= 15 is 0 Å². The smallest absolute Gasteiger partial charge is 0.228 e. The number of hydrogen-bond acceptors (Lipinski definition) is 4. The highest BCUT2D eigenvalue weighted by atomic mass is 16.3. The van der Waals surface area contributed by atoms with E-state index in [2.05, 4.69) is 120 Å². The average molecular weight is 579 g/mol. The molecule has 7 aromatic carbocycles. The lowest BCUT2D eigenvalue weighted by Gasteiger charge is -2.25. The van der Waals surface area contributed by atoms with Gasteiger partial charge in [-0.1, -0.05) is 103 Å². The lowest BCUT2D eigenvalue weighted by atomic mass is 9.98. The Morgan fingerprint density at radius 2 is 1.13 bits per heavy atom. The van der Waals surface area contributed by atoms with Crippen molar-refractivity contribution in [2.45, 2.75) is 0 Å². The number of para-hydroxylation sites is 4. The van der Waals surface area contributed by atoms with Crippen molar-refractivity contribution in [3.8, 4) is 22.6 Å². The summed E-state index contributed by atoms with van der Waals surface area (Å²) in [7, 11) is 0. The first-order chi connectivity index (χ1) is 22.3. The van der Waals surface area contributed by atoms with E-state index in [-0.39, 0.29) is 0 Å². The van der Waals surface area contributed by atoms with Gasteiger partial charge in [-0.2, -0.15) is 0 Å². The lowest BCUT2D eigenvalue weighted by Crippen LogP contribution is -2.10. The van der Waals surface area contributed by atoms with Gasteiger partial charge in [-0.05, 0) is 76.5 Å². The van der Waals surface area contributed by atoms with E-state index in [0.29, 0.717) is 5.89 Å². The second-order valence-corrected chi connectivity index (χ2v) is 11.2. The summed E-state index contributed by atoms with van der Waals surface area (Å²) in [5.74, 6) is 0.582. The molecule has 0 aliphatic rings. The summed E-state index contributed by atoms with van der Waals surface area (Å²) in [5.41, 5.74) is 9.53. The molecule has 0 fully saturated rings. The van der Waals surface area contributed by atoms with Gasteiger partial charge in [0.15, 0.2) is 11.2 Å². The molecule has 2 aromatic heterocycles. The molecule has 0 N–H and O–H groups in total. The molecule has 0 aliphatic carbocycles. The van der Waals surface area contributed by atoms with Crippen molar-refractivity contribution >= 4 is 60.9 Å². The van der Waals surface area contributed by atoms with Gasteiger partial charge in [0.2, 0.25) is 5.89 Å². The number of fused-ring (bicyclic) bond motifs is 5. The highest BCUT2D eigenvalue weighted by molar-refractivity contribution is 6.15. The molecule has 0 radical (unpaired) electrons. The predicted octanol–water partition coefficient (Wildman–Crippen LogP) is 11.7. The fraction of sp³-hybridized carbons (Fsp3) is 0. The summed E-state index contributed by atoms with van der Waals surface area (Å²) in [4.78, 5) is 7.07. The molecule has 2 heterocycles. The molecule has 0 aliphatic heterocycles. The van der Waals surface area contributed by atoms with Gasteiger partial charge in [-0.3, -0.25) is 0 Å². The lowest BCUT2D eigenvalue weighted by molar-refractivity contribution is 0.620. The fourth-order valence-electron chi connectivity index (χ4n) is 6.45. The van der Waals surface area contributed by atoms with Crippen LogP contribution in [0.25, 0.3) is 66.4 Å². The molecule has 0 atom stereocenters. The fourth-order valence-corrected chi connectivity index (χ4v) is 6.45. The van der Waals surface area contributed by atoms with Gasteiger partial charge in [0.25, 0.3) is 0 Å². The molecular formula is C41H26N2O2. The van der Waals surface area contributed by atoms with Gasteiger partial charge < -0.3 is 13.7 Å². The van der Waals surface area contributed by atoms with Crippen LogP contribution in [-0.4, -0.2) is 4.98 Å². The van der Waals surface area contributed by atoms with Crippen LogP contribution in [-0.2, 0) is 0 Å². The Morgan fingerprint density at radius 1 is 0.467 bits per heavy atom. The maximum absolute atomic E-state index is 6.67. The first kappa shape index (κ1) is 25.4. The van der Waals surface area contributed by atoms with Crippen molar-refractivity contribution < 1.29 is 8.83 Å². The number of aromatic nitrogens is 1. The second kappa shape index (κ2) is 10.2. The van der Waals surface area contributed by atoms with Crippen molar-refractivity contribution in [3.05, 3.63) is 158 Å². The minimum atomic E-state index is 0.582. The average Bonchev–Trinajstić information content (AvgIpc) is 3.71. The van der Waals surface area contributed by atoms with Gasteiger partial charge in [-0.25, -0.2) is 4.98 Å². The first-order valence-corrected chi connectivity index (χ1v) is 15.1. The Morgan fingerprint density at radius 3 is 2.02 bits per heavy atom. The normalized spacial score (nSPS) is 11.6. The zero-order valence-corrected chi connectivity index (χ0v) is 24.2. The third kappa shape index (κ3) is 4.19. The molecule has 45 heavy (non-hydrogen) atoms. The zero-order valence-electron chi connectivity index (χ0n) is 24.2. The molecule has 212 valence electrons. The summed E-state index contributed by atoms with van der Waals surface area (Å²) >= 11 is 0. The Labute approximate surface area is 259 Å². The number of benzene rings is 7. The summed E-state index contributed by atoms with van der Waals surface area (Å²) in [6.45, 7) is 0. The Bertz CT molecular complexity index is 2450. The van der Waals surface area contributed by atoms with Gasteiger partial charge in [0.05, 0.1) is 5.69 Å². The molecule has 0 unspecified atom stereocenters. The van der Waals surface area contributed by atoms with E-state index in [4.69, 9.17) is 13.8 Å². The van der Waals surface area contributed by atoms with E-state index in [0.717, 1.165) is 55.7 Å². The molecule has 9 aromatic rings. The summed E-state index contributed by atoms with van der Waals surface area (Å²) in [5, 5.41) is 4.47. The molecule has 4 heteroatoms. The maximum atomic E-state index is 6.67. The van der Waals surface area contributed by atoms with Crippen LogP contribution >= 0.6 is 0 Å². The van der Waals surface area contributed by atoms with Crippen molar-refractivity contribution in [2.75, 3.05) is 4.90 Å². The Balaban J connectivity index is 1.22. The summed E-state index contributed by atoms with van der Waals surface area (Å²) in [6.07, 6.45) is 0. The first-order valence-electron chi connectivity index (χ1n) is 15.1. The van der Waals surface area contributed by atoms with Crippen molar-refractivity contribution in [1.29, 1.82) is 0 Å². The largest absolute Gasteiger partial charge is 0.454 e. The van der Waals surface area contributed by atoms with E-state index in [1.807, 2.05) is 42.5 Å². The summed E-state index contributed by atoms with van der Waals surface area (Å²) in [6, 6.07) is 54.5. The number of oxazole rings is 1. The molecule has 0 saturated carbocycles. The molecule has 9 rings (SSSR count). The van der Waals surface area contributed by atoms with Gasteiger partial charge >= 0.3 is 0 Å². The molecule has 4 nitrogen and oxygen atoms in total. The van der Waals surface area contributed by atoms with E-state index in [1.165, 1.54) is 21.9 Å². The molecular weight excluding hydrogens is 552 g/mol. The standard InChI is InChI=1S/C41H26N2O2/c1-2-13-29(14-3-1)43(30-25-23-28(24-26-30)32-16-8-12-27-11-4-5-15-31(27)32)36-20-9-17-33-39-34(18-10-22-38(39)44-40(33)36)41-42-35-19-6-7-21-37(35)45-41/h1-26H. The van der Waals surface area contributed by atoms with Crippen LogP contribution in [0.5, 0.6) is 0 Å². The zero-order chi connectivity index (χ0) is 29.7. The number of rotatable bonds is 5. The Hall–Kier alpha value is -6.13. The number of furan rings is 1. The van der Waals surface area contributed by atoms with Crippen LogP contribution < -0.4 is 4.90 Å². The predicted molar refractivity (Wildman–Crippen MR) is 184 cm³/mol. The Kier molecular flexibility index (Phi) is 5.78. The minimum absolute atomic E-state index is 0.582. The van der Waals surface area contributed by atoms with Crippen molar-refractivity contribution in [3.63, 3.8) is 0 Å². The van der Waals surface area contributed by atoms with Crippen LogP contribution in [0.4, 0.5) is 17.1 Å². The minimum Gasteiger partial charge on any atom is -0.454 e. The highest BCUT2D eigenvalue weighted by Gasteiger charge is 2.22. The van der Waals surface area contributed by atoms with E-state index < -0.39 is 0 Å². The summed E-state index contributed by atoms with van der Waals surface area (Å²) < 4.78 is 12.9. The number of hydrogen-bond donors (Lipinski definition) is 0. The van der Waals surface area contributed by atoms with Crippen molar-refractivity contribution in [2.24, 2.45) is 0 Å². The quantitative estimate of drug-likeness (QED) is 0.204. The van der Waals surface area contributed by atoms with E-state index in [9.17, 15) is 0 Å². The number of nitrogens with zero attached hydrogens (tertiary/aromatic N) is 2. The van der Waals surface area contributed by atoms with Crippen LogP contribution in [0.3, 0.4) is 0 Å². The van der Waals surface area contributed by atoms with Gasteiger partial charge in [0, 0.05) is 27.7 Å². The van der Waals surface area contributed by atoms with Crippen LogP contribution in [0.1, 0.15) is 0 Å². The van der Waals surface area contributed by atoms with Crippen LogP contribution in [0.15, 0.2) is 167 Å². The third-order valence-corrected chi connectivity index (χ3v) is 8.51. The molecule has 0 bridgehead atoms. The molecule has 0 amide bonds. The monoisotopic (exact) mass is 578 g/mol. The molecule has 0 spiro atoms. The second-order valence-electron chi connectivity index (χ2n) is 11.2. The SMILES string of the molecule is c1ccc(N(c2ccc(-c3cccc4ccccc34)cc2)c2cccc3c2oc2cccc(-c4nc5ccccc5o4)c23)cc1. The van der Waals surface area contributed by atoms with E-state index in [1.54, 1.807) is 0 Å². The van der Waals surface area contributed by atoms with Gasteiger partial charge in [-0.15, -0.1) is 0 Å². The molecule has 0 saturated heterocycles. The maximum Gasteiger partial charge on any atom is 0.228 e. The van der Waals surface area contributed by atoms with Crippen molar-refractivity contribution in [1.82, 2.24) is 4.98 Å². The number of anilines is 3. The van der Waals surface area contributed by atoms with Crippen LogP contribution in [0.2, 0.25) is 0 Å². The van der Waals surface area contributed by atoms with Gasteiger partial charge in [0.1, 0.15) is 11.1 Å². The highest BCUT2D eigenvalue weighted by Crippen LogP contribution is 2.44.